The molecule has 1 rings (SSSR count). The van der Waals surface area contributed by atoms with Gasteiger partial charge in [0.2, 0.25) is 0 Å². The van der Waals surface area contributed by atoms with Gasteiger partial charge in [0.05, 0.1) is 6.61 Å². The van der Waals surface area contributed by atoms with Gasteiger partial charge in [-0.3, -0.25) is 9.78 Å². The number of pyridine rings is 1. The summed E-state index contributed by atoms with van der Waals surface area (Å²) in [6.07, 6.45) is -3.44. The first-order valence-electron chi connectivity index (χ1n) is 5.24. The number of ether oxygens (including phenoxy) is 1. The number of likely N-dealkylation sites (N-methyl/N-ethyl adjacent to an activating group) is 1. The molecule has 0 saturated heterocycles. The van der Waals surface area contributed by atoms with Crippen LogP contribution in [-0.2, 0) is 15.7 Å². The zero-order chi connectivity index (χ0) is 13.8. The van der Waals surface area contributed by atoms with Crippen molar-refractivity contribution in [1.82, 2.24) is 4.98 Å². The average Bonchev–Trinajstić information content (AvgIpc) is 2.28. The van der Waals surface area contributed by atoms with Crippen LogP contribution < -0.4 is 4.90 Å². The van der Waals surface area contributed by atoms with Crippen molar-refractivity contribution in [3.8, 4) is 0 Å². The number of nitrogens with zero attached hydrogens (tertiary/aromatic N) is 2. The van der Waals surface area contributed by atoms with E-state index in [1.807, 2.05) is 0 Å². The quantitative estimate of drug-likeness (QED) is 0.779. The summed E-state index contributed by atoms with van der Waals surface area (Å²) in [5.41, 5.74) is -0.735. The molecular weight excluding hydrogens is 249 g/mol. The monoisotopic (exact) mass is 262 g/mol. The Labute approximate surface area is 102 Å². The van der Waals surface area contributed by atoms with Gasteiger partial charge < -0.3 is 9.64 Å². The van der Waals surface area contributed by atoms with Crippen molar-refractivity contribution in [2.75, 3.05) is 25.1 Å². The van der Waals surface area contributed by atoms with Gasteiger partial charge in [-0.2, -0.15) is 13.2 Å². The fourth-order valence-corrected chi connectivity index (χ4v) is 1.30. The second kappa shape index (κ2) is 5.70. The van der Waals surface area contributed by atoms with Crippen LogP contribution in [0.25, 0.3) is 0 Å². The van der Waals surface area contributed by atoms with E-state index >= 15 is 0 Å². The van der Waals surface area contributed by atoms with Gasteiger partial charge in [-0.25, -0.2) is 0 Å². The van der Waals surface area contributed by atoms with E-state index in [-0.39, 0.29) is 18.8 Å². The summed E-state index contributed by atoms with van der Waals surface area (Å²) in [5, 5.41) is 0. The lowest BCUT2D eigenvalue weighted by Crippen LogP contribution is -2.27. The van der Waals surface area contributed by atoms with Gasteiger partial charge in [0, 0.05) is 18.9 Å². The lowest BCUT2D eigenvalue weighted by molar-refractivity contribution is -0.141. The zero-order valence-electron chi connectivity index (χ0n) is 9.99. The molecule has 18 heavy (non-hydrogen) atoms. The fourth-order valence-electron chi connectivity index (χ4n) is 1.30. The van der Waals surface area contributed by atoms with E-state index < -0.39 is 17.8 Å². The Morgan fingerprint density at radius 1 is 1.50 bits per heavy atom. The first-order valence-corrected chi connectivity index (χ1v) is 5.24. The maximum Gasteiger partial charge on any atom is 0.433 e. The molecule has 0 bridgehead atoms. The van der Waals surface area contributed by atoms with E-state index in [0.29, 0.717) is 0 Å². The number of alkyl halides is 3. The first-order chi connectivity index (χ1) is 8.34. The van der Waals surface area contributed by atoms with Crippen molar-refractivity contribution in [2.45, 2.75) is 13.1 Å². The Hall–Kier alpha value is -1.79. The van der Waals surface area contributed by atoms with Crippen LogP contribution in [0.5, 0.6) is 0 Å². The lowest BCUT2D eigenvalue weighted by Gasteiger charge is -2.18. The molecule has 0 unspecified atom stereocenters. The number of carbonyl (C=O) groups is 1. The van der Waals surface area contributed by atoms with E-state index in [1.54, 1.807) is 6.92 Å². The van der Waals surface area contributed by atoms with Crippen LogP contribution >= 0.6 is 0 Å². The maximum absolute atomic E-state index is 12.4. The Balaban J connectivity index is 2.80. The number of carbonyl (C=O) groups excluding carboxylic acids is 1. The van der Waals surface area contributed by atoms with Crippen molar-refractivity contribution < 1.29 is 22.7 Å². The summed E-state index contributed by atoms with van der Waals surface area (Å²) in [6, 6.07) is 2.29. The van der Waals surface area contributed by atoms with Crippen LogP contribution in [0.2, 0.25) is 0 Å². The van der Waals surface area contributed by atoms with Gasteiger partial charge in [-0.05, 0) is 19.1 Å². The summed E-state index contributed by atoms with van der Waals surface area (Å²) in [4.78, 5) is 15.8. The molecule has 4 nitrogen and oxygen atoms in total. The second-order valence-electron chi connectivity index (χ2n) is 3.56. The molecule has 0 N–H and O–H groups in total. The highest BCUT2D eigenvalue weighted by molar-refractivity contribution is 5.75. The summed E-state index contributed by atoms with van der Waals surface area (Å²) >= 11 is 0. The molecule has 0 saturated carbocycles. The van der Waals surface area contributed by atoms with Crippen molar-refractivity contribution in [1.29, 1.82) is 0 Å². The third-order valence-electron chi connectivity index (χ3n) is 2.15. The number of anilines is 1. The van der Waals surface area contributed by atoms with Crippen LogP contribution in [0.15, 0.2) is 18.3 Å². The predicted molar refractivity (Wildman–Crippen MR) is 59.1 cm³/mol. The minimum atomic E-state index is -4.50. The number of esters is 1. The Morgan fingerprint density at radius 3 is 2.72 bits per heavy atom. The normalized spacial score (nSPS) is 11.2. The molecule has 0 radical (unpaired) electrons. The molecule has 0 fully saturated rings. The van der Waals surface area contributed by atoms with E-state index in [1.165, 1.54) is 18.0 Å². The molecule has 1 aromatic heterocycles. The summed E-state index contributed by atoms with van der Waals surface area (Å²) < 4.78 is 42.0. The van der Waals surface area contributed by atoms with Gasteiger partial charge >= 0.3 is 12.1 Å². The molecule has 1 heterocycles. The highest BCUT2D eigenvalue weighted by Gasteiger charge is 2.32. The molecule has 0 spiro atoms. The lowest BCUT2D eigenvalue weighted by atomic mass is 10.3. The molecule has 0 aliphatic heterocycles. The van der Waals surface area contributed by atoms with Crippen molar-refractivity contribution >= 4 is 11.7 Å². The van der Waals surface area contributed by atoms with Crippen molar-refractivity contribution in [2.24, 2.45) is 0 Å². The Kier molecular flexibility index (Phi) is 4.52. The first kappa shape index (κ1) is 14.3. The molecule has 7 heteroatoms. The number of aromatic nitrogens is 1. The largest absolute Gasteiger partial charge is 0.465 e. The number of halogens is 3. The van der Waals surface area contributed by atoms with Crippen molar-refractivity contribution in [3.63, 3.8) is 0 Å². The van der Waals surface area contributed by atoms with Gasteiger partial charge in [-0.1, -0.05) is 0 Å². The van der Waals surface area contributed by atoms with Gasteiger partial charge in [0.15, 0.2) is 0 Å². The summed E-state index contributed by atoms with van der Waals surface area (Å²) in [7, 11) is 1.51. The molecule has 1 aromatic rings. The maximum atomic E-state index is 12.4. The van der Waals surface area contributed by atoms with E-state index in [4.69, 9.17) is 4.74 Å². The van der Waals surface area contributed by atoms with Crippen LogP contribution in [0, 0.1) is 0 Å². The molecule has 0 amide bonds. The van der Waals surface area contributed by atoms with Gasteiger partial charge in [-0.15, -0.1) is 0 Å². The SMILES string of the molecule is CCOC(=O)CN(C)c1ccnc(C(F)(F)F)c1. The Morgan fingerprint density at radius 2 is 2.17 bits per heavy atom. The number of hydrogen-bond acceptors (Lipinski definition) is 4. The molecule has 100 valence electrons. The highest BCUT2D eigenvalue weighted by Crippen LogP contribution is 2.29. The Bertz CT molecular complexity index is 421. The number of hydrogen-bond donors (Lipinski definition) is 0. The molecular formula is C11H13F3N2O2. The smallest absolute Gasteiger partial charge is 0.433 e. The van der Waals surface area contributed by atoms with E-state index in [2.05, 4.69) is 4.98 Å². The second-order valence-corrected chi connectivity index (χ2v) is 3.56. The summed E-state index contributed by atoms with van der Waals surface area (Å²) in [6.45, 7) is 1.78. The molecule has 0 aliphatic rings. The van der Waals surface area contributed by atoms with Crippen LogP contribution in [0.1, 0.15) is 12.6 Å². The molecule has 0 aromatic carbocycles. The predicted octanol–water partition coefficient (Wildman–Crippen LogP) is 2.10. The summed E-state index contributed by atoms with van der Waals surface area (Å²) in [5.74, 6) is -0.495. The minimum Gasteiger partial charge on any atom is -0.465 e. The minimum absolute atomic E-state index is 0.116. The third-order valence-corrected chi connectivity index (χ3v) is 2.15. The van der Waals surface area contributed by atoms with Crippen LogP contribution in [-0.4, -0.2) is 31.2 Å². The number of rotatable bonds is 4. The molecule has 0 aliphatic carbocycles. The third kappa shape index (κ3) is 3.90. The van der Waals surface area contributed by atoms with Crippen LogP contribution in [0.4, 0.5) is 18.9 Å². The van der Waals surface area contributed by atoms with E-state index in [0.717, 1.165) is 12.3 Å². The average molecular weight is 262 g/mol. The fraction of sp³-hybridized carbons (Fsp3) is 0.455. The van der Waals surface area contributed by atoms with Gasteiger partial charge in [0.1, 0.15) is 12.2 Å². The topological polar surface area (TPSA) is 42.4 Å². The zero-order valence-corrected chi connectivity index (χ0v) is 9.99. The highest BCUT2D eigenvalue weighted by atomic mass is 19.4. The standard InChI is InChI=1S/C11H13F3N2O2/c1-3-18-10(17)7-16(2)8-4-5-15-9(6-8)11(12,13)14/h4-6H,3,7H2,1-2H3. The molecule has 0 atom stereocenters. The van der Waals surface area contributed by atoms with Crippen LogP contribution in [0.3, 0.4) is 0 Å². The van der Waals surface area contributed by atoms with E-state index in [9.17, 15) is 18.0 Å². The van der Waals surface area contributed by atoms with Gasteiger partial charge in [0.25, 0.3) is 0 Å². The van der Waals surface area contributed by atoms with Crippen molar-refractivity contribution in [3.05, 3.63) is 24.0 Å².